The minimum absolute atomic E-state index is 0.0238. The first-order valence-corrected chi connectivity index (χ1v) is 7.18. The Kier molecular flexibility index (Phi) is 10.7. The normalized spacial score (nSPS) is 12.3. The van der Waals surface area contributed by atoms with Gasteiger partial charge in [-0.25, -0.2) is 0 Å². The number of hydrogen-bond donors (Lipinski definition) is 0. The summed E-state index contributed by atoms with van der Waals surface area (Å²) >= 11 is 0. The van der Waals surface area contributed by atoms with Gasteiger partial charge in [-0.3, -0.25) is 0 Å². The van der Waals surface area contributed by atoms with Crippen LogP contribution in [0.25, 0.3) is 0 Å². The van der Waals surface area contributed by atoms with Gasteiger partial charge in [-0.2, -0.15) is 0 Å². The molecular weight excluding hydrogens is 272 g/mol. The first kappa shape index (κ1) is 17.9. The van der Waals surface area contributed by atoms with Crippen molar-refractivity contribution in [2.24, 2.45) is 0 Å². The summed E-state index contributed by atoms with van der Waals surface area (Å²) in [5.74, 6) is 0.827. The number of hydrogen-bond acceptors (Lipinski definition) is 5. The Labute approximate surface area is 127 Å². The molecule has 0 saturated carbocycles. The minimum atomic E-state index is 0.0238. The van der Waals surface area contributed by atoms with Crippen molar-refractivity contribution in [3.05, 3.63) is 30.3 Å². The van der Waals surface area contributed by atoms with Gasteiger partial charge >= 0.3 is 0 Å². The fourth-order valence-electron chi connectivity index (χ4n) is 1.50. The second kappa shape index (κ2) is 12.6. The molecule has 0 N–H and O–H groups in total. The molecule has 0 aliphatic heterocycles. The van der Waals surface area contributed by atoms with E-state index in [9.17, 15) is 0 Å². The lowest BCUT2D eigenvalue weighted by Gasteiger charge is -2.14. The lowest BCUT2D eigenvalue weighted by atomic mass is 10.3. The molecule has 0 aromatic heterocycles. The van der Waals surface area contributed by atoms with Crippen LogP contribution >= 0.6 is 0 Å². The van der Waals surface area contributed by atoms with Gasteiger partial charge in [-0.05, 0) is 25.1 Å². The molecule has 0 amide bonds. The highest BCUT2D eigenvalue weighted by molar-refractivity contribution is 5.20. The van der Waals surface area contributed by atoms with Gasteiger partial charge in [0, 0.05) is 7.11 Å². The van der Waals surface area contributed by atoms with Gasteiger partial charge in [0.15, 0.2) is 0 Å². The van der Waals surface area contributed by atoms with Crippen molar-refractivity contribution in [3.8, 4) is 5.75 Å². The summed E-state index contributed by atoms with van der Waals surface area (Å²) in [5, 5.41) is 0. The van der Waals surface area contributed by atoms with Crippen LogP contribution in [0, 0.1) is 6.07 Å². The second-order valence-corrected chi connectivity index (χ2v) is 4.45. The molecule has 0 fully saturated rings. The van der Waals surface area contributed by atoms with E-state index in [1.807, 2.05) is 31.2 Å². The van der Waals surface area contributed by atoms with Crippen LogP contribution in [0.1, 0.15) is 6.92 Å². The van der Waals surface area contributed by atoms with E-state index in [0.29, 0.717) is 46.2 Å². The average molecular weight is 297 g/mol. The van der Waals surface area contributed by atoms with E-state index in [4.69, 9.17) is 23.7 Å². The first-order chi connectivity index (χ1) is 10.3. The van der Waals surface area contributed by atoms with Crippen LogP contribution in [0.2, 0.25) is 0 Å². The van der Waals surface area contributed by atoms with Crippen molar-refractivity contribution >= 4 is 0 Å². The van der Waals surface area contributed by atoms with E-state index in [1.165, 1.54) is 0 Å². The second-order valence-electron chi connectivity index (χ2n) is 4.45. The van der Waals surface area contributed by atoms with Gasteiger partial charge < -0.3 is 23.7 Å². The Hall–Kier alpha value is -1.14. The average Bonchev–Trinajstić information content (AvgIpc) is 2.52. The van der Waals surface area contributed by atoms with Gasteiger partial charge in [-0.1, -0.05) is 12.1 Å². The van der Waals surface area contributed by atoms with Crippen LogP contribution in [-0.2, 0) is 18.9 Å². The van der Waals surface area contributed by atoms with Crippen LogP contribution in [0.3, 0.4) is 0 Å². The monoisotopic (exact) mass is 297 g/mol. The van der Waals surface area contributed by atoms with Crippen LogP contribution < -0.4 is 4.74 Å². The lowest BCUT2D eigenvalue weighted by Crippen LogP contribution is -2.21. The minimum Gasteiger partial charge on any atom is -0.491 e. The summed E-state index contributed by atoms with van der Waals surface area (Å²) < 4.78 is 26.7. The molecule has 0 aliphatic carbocycles. The highest BCUT2D eigenvalue weighted by Crippen LogP contribution is 2.08. The fourth-order valence-corrected chi connectivity index (χ4v) is 1.50. The standard InChI is InChI=1S/C16H25O5/c1-15(14-21-16-6-4-3-5-7-16)20-13-12-19-11-10-18-9-8-17-2/h4-7,15H,8-14H2,1-2H3/t15-/m0/s1. The van der Waals surface area contributed by atoms with E-state index >= 15 is 0 Å². The van der Waals surface area contributed by atoms with Crippen LogP contribution in [0.4, 0.5) is 0 Å². The van der Waals surface area contributed by atoms with Crippen molar-refractivity contribution in [1.82, 2.24) is 0 Å². The van der Waals surface area contributed by atoms with Crippen molar-refractivity contribution in [3.63, 3.8) is 0 Å². The molecule has 0 unspecified atom stereocenters. The molecule has 1 atom stereocenters. The largest absolute Gasteiger partial charge is 0.491 e. The third-order valence-corrected chi connectivity index (χ3v) is 2.61. The predicted octanol–water partition coefficient (Wildman–Crippen LogP) is 1.95. The van der Waals surface area contributed by atoms with E-state index < -0.39 is 0 Å². The van der Waals surface area contributed by atoms with Crippen molar-refractivity contribution in [2.45, 2.75) is 13.0 Å². The Bertz CT molecular complexity index is 331. The molecule has 1 aromatic carbocycles. The van der Waals surface area contributed by atoms with Crippen LogP contribution in [-0.4, -0.2) is 59.5 Å². The van der Waals surface area contributed by atoms with Crippen LogP contribution in [0.15, 0.2) is 24.3 Å². The molecule has 5 nitrogen and oxygen atoms in total. The molecule has 1 radical (unpaired) electrons. The van der Waals surface area contributed by atoms with Crippen molar-refractivity contribution in [1.29, 1.82) is 0 Å². The molecule has 21 heavy (non-hydrogen) atoms. The predicted molar refractivity (Wildman–Crippen MR) is 79.7 cm³/mol. The topological polar surface area (TPSA) is 46.2 Å². The summed E-state index contributed by atoms with van der Waals surface area (Å²) in [4.78, 5) is 0. The smallest absolute Gasteiger partial charge is 0.119 e. The summed E-state index contributed by atoms with van der Waals surface area (Å²) in [6, 6.07) is 10.3. The summed E-state index contributed by atoms with van der Waals surface area (Å²) in [5.41, 5.74) is 0. The molecule has 0 saturated heterocycles. The Balaban J connectivity index is 1.88. The molecule has 1 rings (SSSR count). The summed E-state index contributed by atoms with van der Waals surface area (Å²) in [6.45, 7) is 5.95. The lowest BCUT2D eigenvalue weighted by molar-refractivity contribution is -0.0220. The van der Waals surface area contributed by atoms with E-state index in [1.54, 1.807) is 7.11 Å². The Morgan fingerprint density at radius 2 is 1.57 bits per heavy atom. The molecule has 1 aromatic rings. The zero-order valence-corrected chi connectivity index (χ0v) is 12.9. The maximum absolute atomic E-state index is 5.59. The maximum atomic E-state index is 5.59. The highest BCUT2D eigenvalue weighted by Gasteiger charge is 2.03. The zero-order valence-electron chi connectivity index (χ0n) is 12.9. The van der Waals surface area contributed by atoms with E-state index in [2.05, 4.69) is 6.07 Å². The van der Waals surface area contributed by atoms with Gasteiger partial charge in [0.25, 0.3) is 0 Å². The third-order valence-electron chi connectivity index (χ3n) is 2.61. The van der Waals surface area contributed by atoms with E-state index in [0.717, 1.165) is 5.75 Å². The van der Waals surface area contributed by atoms with Gasteiger partial charge in [-0.15, -0.1) is 0 Å². The summed E-state index contributed by atoms with van der Waals surface area (Å²) in [7, 11) is 1.65. The molecule has 0 bridgehead atoms. The fraction of sp³-hybridized carbons (Fsp3) is 0.625. The third kappa shape index (κ3) is 10.3. The number of benzene rings is 1. The van der Waals surface area contributed by atoms with Gasteiger partial charge in [0.05, 0.1) is 45.7 Å². The SMILES string of the molecule is COCCOCCOCCO[C@@H](C)COc1cc[c]cc1. The van der Waals surface area contributed by atoms with Gasteiger partial charge in [0.1, 0.15) is 12.4 Å². The molecule has 0 aliphatic rings. The number of rotatable bonds is 13. The quantitative estimate of drug-likeness (QED) is 0.521. The molecule has 119 valence electrons. The highest BCUT2D eigenvalue weighted by atomic mass is 16.6. The molecule has 0 spiro atoms. The van der Waals surface area contributed by atoms with E-state index in [-0.39, 0.29) is 6.10 Å². The Morgan fingerprint density at radius 3 is 2.24 bits per heavy atom. The number of methoxy groups -OCH3 is 1. The number of ether oxygens (including phenoxy) is 5. The van der Waals surface area contributed by atoms with Crippen LogP contribution in [0.5, 0.6) is 5.75 Å². The maximum Gasteiger partial charge on any atom is 0.119 e. The summed E-state index contributed by atoms with van der Waals surface area (Å²) in [6.07, 6.45) is 0.0238. The zero-order chi connectivity index (χ0) is 15.2. The molecular formula is C16H25O5. The molecule has 0 heterocycles. The Morgan fingerprint density at radius 1 is 0.952 bits per heavy atom. The van der Waals surface area contributed by atoms with Crippen molar-refractivity contribution in [2.75, 3.05) is 53.4 Å². The van der Waals surface area contributed by atoms with Gasteiger partial charge in [0.2, 0.25) is 0 Å². The first-order valence-electron chi connectivity index (χ1n) is 7.18. The van der Waals surface area contributed by atoms with Crippen molar-refractivity contribution < 1.29 is 23.7 Å². The molecule has 5 heteroatoms.